The highest BCUT2D eigenvalue weighted by atomic mass is 32.2. The normalized spacial score (nSPS) is 19.4. The molecule has 0 aliphatic carbocycles. The maximum Gasteiger partial charge on any atom is 0.308 e. The Morgan fingerprint density at radius 3 is 2.36 bits per heavy atom. The third kappa shape index (κ3) is 5.88. The molecule has 0 radical (unpaired) electrons. The summed E-state index contributed by atoms with van der Waals surface area (Å²) in [5.41, 5.74) is 0.497. The summed E-state index contributed by atoms with van der Waals surface area (Å²) in [6, 6.07) is 6.76. The van der Waals surface area contributed by atoms with Crippen LogP contribution in [0.3, 0.4) is 0 Å². The number of nitrogens with one attached hydrogen (secondary N) is 1. The predicted octanol–water partition coefficient (Wildman–Crippen LogP) is 2.47. The molecular formula is C18H27NO5S. The monoisotopic (exact) mass is 369 g/mol. The second-order valence-electron chi connectivity index (χ2n) is 7.26. The van der Waals surface area contributed by atoms with E-state index in [1.165, 1.54) is 0 Å². The molecule has 1 aromatic carbocycles. The largest absolute Gasteiger partial charge is 0.460 e. The highest BCUT2D eigenvalue weighted by Crippen LogP contribution is 2.26. The van der Waals surface area contributed by atoms with Crippen molar-refractivity contribution in [2.75, 3.05) is 13.2 Å². The molecule has 2 atom stereocenters. The van der Waals surface area contributed by atoms with Crippen LogP contribution in [0.15, 0.2) is 29.2 Å². The summed E-state index contributed by atoms with van der Waals surface area (Å²) >= 11 is 0. The lowest BCUT2D eigenvalue weighted by Gasteiger charge is -2.32. The van der Waals surface area contributed by atoms with Crippen molar-refractivity contribution in [3.63, 3.8) is 0 Å². The van der Waals surface area contributed by atoms with Gasteiger partial charge in [-0.15, -0.1) is 0 Å². The van der Waals surface area contributed by atoms with Gasteiger partial charge >= 0.3 is 5.97 Å². The molecule has 25 heavy (non-hydrogen) atoms. The average molecular weight is 369 g/mol. The number of ether oxygens (including phenoxy) is 3. The molecule has 1 aromatic rings. The number of hydrogen-bond donors (Lipinski definition) is 1. The third-order valence-electron chi connectivity index (χ3n) is 3.77. The van der Waals surface area contributed by atoms with Gasteiger partial charge in [0.25, 0.3) is 0 Å². The van der Waals surface area contributed by atoms with Gasteiger partial charge in [0.15, 0.2) is 5.79 Å². The van der Waals surface area contributed by atoms with Crippen molar-refractivity contribution in [1.29, 1.82) is 0 Å². The van der Waals surface area contributed by atoms with E-state index >= 15 is 0 Å². The lowest BCUT2D eigenvalue weighted by atomic mass is 10.1. The zero-order valence-corrected chi connectivity index (χ0v) is 16.3. The number of carbonyl (C=O) groups excluding carboxylic acids is 1. The number of rotatable bonds is 6. The number of benzene rings is 1. The molecule has 6 nitrogen and oxygen atoms in total. The van der Waals surface area contributed by atoms with E-state index < -0.39 is 34.4 Å². The van der Waals surface area contributed by atoms with Gasteiger partial charge in [-0.25, -0.2) is 8.93 Å². The van der Waals surface area contributed by atoms with E-state index in [1.807, 2.05) is 39.8 Å². The quantitative estimate of drug-likeness (QED) is 0.780. The molecule has 1 heterocycles. The Balaban J connectivity index is 2.12. The van der Waals surface area contributed by atoms with E-state index in [4.69, 9.17) is 14.2 Å². The van der Waals surface area contributed by atoms with Crippen LogP contribution in [-0.2, 0) is 30.0 Å². The molecule has 1 N–H and O–H groups in total. The van der Waals surface area contributed by atoms with Crippen molar-refractivity contribution in [2.45, 2.75) is 63.4 Å². The smallest absolute Gasteiger partial charge is 0.308 e. The van der Waals surface area contributed by atoms with Crippen molar-refractivity contribution in [3.05, 3.63) is 29.8 Å². The number of esters is 1. The van der Waals surface area contributed by atoms with Gasteiger partial charge in [0.05, 0.1) is 30.6 Å². The van der Waals surface area contributed by atoms with Gasteiger partial charge in [-0.3, -0.25) is 4.79 Å². The van der Waals surface area contributed by atoms with Crippen molar-refractivity contribution < 1.29 is 23.2 Å². The van der Waals surface area contributed by atoms with Crippen LogP contribution in [0.2, 0.25) is 0 Å². The highest BCUT2D eigenvalue weighted by molar-refractivity contribution is 7.83. The Kier molecular flexibility index (Phi) is 6.37. The van der Waals surface area contributed by atoms with E-state index in [0.29, 0.717) is 18.1 Å². The Morgan fingerprint density at radius 1 is 1.28 bits per heavy atom. The molecule has 1 aliphatic heterocycles. The maximum atomic E-state index is 12.7. The third-order valence-corrected chi connectivity index (χ3v) is 4.97. The standard InChI is InChI=1S/C18H27NO5S/c1-13-6-8-14(9-7-13)25(21)19-15(18(5)22-10-11-23-18)12-16(20)24-17(2,3)4/h6-9,15,19H,10-12H2,1-5H3/t15-,25?/m0/s1. The van der Waals surface area contributed by atoms with Crippen LogP contribution >= 0.6 is 0 Å². The van der Waals surface area contributed by atoms with Gasteiger partial charge in [-0.05, 0) is 46.8 Å². The average Bonchev–Trinajstić information content (AvgIpc) is 2.93. The first-order valence-corrected chi connectivity index (χ1v) is 9.48. The first kappa shape index (κ1) is 20.0. The molecule has 2 rings (SSSR count). The molecule has 1 fully saturated rings. The summed E-state index contributed by atoms with van der Waals surface area (Å²) in [6.45, 7) is 9.99. The van der Waals surface area contributed by atoms with Crippen LogP contribution in [0, 0.1) is 6.92 Å². The molecular weight excluding hydrogens is 342 g/mol. The lowest BCUT2D eigenvalue weighted by Crippen LogP contribution is -2.51. The van der Waals surface area contributed by atoms with Gasteiger partial charge in [0.1, 0.15) is 16.6 Å². The Labute approximate surface area is 151 Å². The first-order valence-electron chi connectivity index (χ1n) is 8.33. The molecule has 0 bridgehead atoms. The molecule has 1 saturated heterocycles. The van der Waals surface area contributed by atoms with E-state index in [0.717, 1.165) is 5.56 Å². The molecule has 1 unspecified atom stereocenters. The predicted molar refractivity (Wildman–Crippen MR) is 95.3 cm³/mol. The molecule has 1 aliphatic rings. The van der Waals surface area contributed by atoms with Crippen LogP contribution in [-0.4, -0.2) is 40.8 Å². The zero-order chi connectivity index (χ0) is 18.7. The minimum absolute atomic E-state index is 0.00856. The molecule has 140 valence electrons. The van der Waals surface area contributed by atoms with Crippen molar-refractivity contribution in [3.8, 4) is 0 Å². The van der Waals surface area contributed by atoms with Crippen LogP contribution < -0.4 is 4.72 Å². The minimum atomic E-state index is -1.50. The first-order chi connectivity index (χ1) is 11.6. The number of aryl methyl sites for hydroxylation is 1. The summed E-state index contributed by atoms with van der Waals surface area (Å²) in [5.74, 6) is -1.43. The number of carbonyl (C=O) groups is 1. The Morgan fingerprint density at radius 2 is 1.84 bits per heavy atom. The van der Waals surface area contributed by atoms with E-state index in [9.17, 15) is 9.00 Å². The van der Waals surface area contributed by atoms with Crippen molar-refractivity contribution >= 4 is 17.0 Å². The summed E-state index contributed by atoms with van der Waals surface area (Å²) in [6.07, 6.45) is -0.00856. The van der Waals surface area contributed by atoms with Crippen LogP contribution in [0.5, 0.6) is 0 Å². The van der Waals surface area contributed by atoms with Crippen LogP contribution in [0.1, 0.15) is 39.7 Å². The van der Waals surface area contributed by atoms with E-state index in [2.05, 4.69) is 4.72 Å². The lowest BCUT2D eigenvalue weighted by molar-refractivity contribution is -0.176. The summed E-state index contributed by atoms with van der Waals surface area (Å²) in [5, 5.41) is 0. The second kappa shape index (κ2) is 7.95. The minimum Gasteiger partial charge on any atom is -0.460 e. The topological polar surface area (TPSA) is 73.9 Å². The number of hydrogen-bond acceptors (Lipinski definition) is 5. The van der Waals surface area contributed by atoms with Gasteiger partial charge in [0.2, 0.25) is 0 Å². The van der Waals surface area contributed by atoms with Crippen molar-refractivity contribution in [2.24, 2.45) is 0 Å². The fraction of sp³-hybridized carbons (Fsp3) is 0.611. The summed E-state index contributed by atoms with van der Waals surface area (Å²) in [4.78, 5) is 12.9. The SMILES string of the molecule is Cc1ccc(S(=O)N[C@@H](CC(=O)OC(C)(C)C)C2(C)OCCO2)cc1. The van der Waals surface area contributed by atoms with Crippen LogP contribution in [0.25, 0.3) is 0 Å². The van der Waals surface area contributed by atoms with Gasteiger partial charge in [0, 0.05) is 0 Å². The molecule has 0 aromatic heterocycles. The van der Waals surface area contributed by atoms with Crippen molar-refractivity contribution in [1.82, 2.24) is 4.72 Å². The maximum absolute atomic E-state index is 12.7. The Bertz CT molecular complexity index is 617. The summed E-state index contributed by atoms with van der Waals surface area (Å²) < 4.78 is 32.4. The summed E-state index contributed by atoms with van der Waals surface area (Å²) in [7, 11) is -1.50. The Hall–Kier alpha value is -1.28. The van der Waals surface area contributed by atoms with Gasteiger partial charge in [-0.2, -0.15) is 0 Å². The van der Waals surface area contributed by atoms with Gasteiger partial charge in [-0.1, -0.05) is 17.7 Å². The fourth-order valence-corrected chi connectivity index (χ4v) is 3.55. The van der Waals surface area contributed by atoms with E-state index in [-0.39, 0.29) is 6.42 Å². The second-order valence-corrected chi connectivity index (χ2v) is 8.50. The highest BCUT2D eigenvalue weighted by Gasteiger charge is 2.42. The molecule has 7 heteroatoms. The molecule has 0 spiro atoms. The zero-order valence-electron chi connectivity index (χ0n) is 15.5. The fourth-order valence-electron chi connectivity index (χ4n) is 2.47. The molecule has 0 saturated carbocycles. The van der Waals surface area contributed by atoms with Crippen LogP contribution in [0.4, 0.5) is 0 Å². The van der Waals surface area contributed by atoms with Gasteiger partial charge < -0.3 is 14.2 Å². The van der Waals surface area contributed by atoms with E-state index in [1.54, 1.807) is 19.1 Å². The molecule has 0 amide bonds.